The van der Waals surface area contributed by atoms with Crippen molar-refractivity contribution in [2.24, 2.45) is 0 Å². The number of carbonyl (C=O) groups excluding carboxylic acids is 1. The van der Waals surface area contributed by atoms with Gasteiger partial charge in [-0.05, 0) is 67.4 Å². The molecule has 0 saturated carbocycles. The zero-order chi connectivity index (χ0) is 23.1. The van der Waals surface area contributed by atoms with Crippen LogP contribution in [0.1, 0.15) is 46.6 Å². The maximum atomic E-state index is 13.6. The first-order chi connectivity index (χ1) is 16.0. The highest BCUT2D eigenvalue weighted by atomic mass is 19.1. The summed E-state index contributed by atoms with van der Waals surface area (Å²) in [6, 6.07) is 17.6. The third-order valence-electron chi connectivity index (χ3n) is 5.80. The molecule has 2 heterocycles. The van der Waals surface area contributed by atoms with Crippen LogP contribution in [0.3, 0.4) is 0 Å². The van der Waals surface area contributed by atoms with Crippen LogP contribution in [0, 0.1) is 12.7 Å². The second kappa shape index (κ2) is 8.20. The minimum absolute atomic E-state index is 0.0111. The Morgan fingerprint density at radius 2 is 1.73 bits per heavy atom. The molecule has 0 fully saturated rings. The van der Waals surface area contributed by atoms with Gasteiger partial charge in [0.1, 0.15) is 17.1 Å². The zero-order valence-electron chi connectivity index (χ0n) is 18.3. The molecule has 0 bridgehead atoms. The summed E-state index contributed by atoms with van der Waals surface area (Å²) in [5.74, 6) is -0.128. The molecule has 1 atom stereocenters. The van der Waals surface area contributed by atoms with Crippen LogP contribution in [0.2, 0.25) is 0 Å². The maximum absolute atomic E-state index is 13.6. The number of carbonyl (C=O) groups is 1. The molecule has 4 aromatic rings. The van der Waals surface area contributed by atoms with Crippen LogP contribution in [0.15, 0.2) is 75.9 Å². The highest BCUT2D eigenvalue weighted by molar-refractivity contribution is 6.10. The van der Waals surface area contributed by atoms with Gasteiger partial charge in [-0.15, -0.1) is 0 Å². The SMILES string of the molecule is CCCOc1ccc(C2c3c(oc4ccc(C)cc4c3=O)C(=O)N2c2ccc(F)cc2)cc1. The highest BCUT2D eigenvalue weighted by Gasteiger charge is 2.43. The Labute approximate surface area is 190 Å². The predicted octanol–water partition coefficient (Wildman–Crippen LogP) is 5.78. The van der Waals surface area contributed by atoms with E-state index in [0.29, 0.717) is 29.0 Å². The lowest BCUT2D eigenvalue weighted by atomic mass is 9.98. The molecule has 0 spiro atoms. The van der Waals surface area contributed by atoms with Crippen LogP contribution in [0.5, 0.6) is 5.75 Å². The molecule has 3 aromatic carbocycles. The van der Waals surface area contributed by atoms with E-state index in [2.05, 4.69) is 0 Å². The van der Waals surface area contributed by atoms with E-state index in [9.17, 15) is 14.0 Å². The molecule has 5 rings (SSSR count). The van der Waals surface area contributed by atoms with Gasteiger partial charge in [-0.25, -0.2) is 4.39 Å². The molecular weight excluding hydrogens is 421 g/mol. The van der Waals surface area contributed by atoms with Crippen molar-refractivity contribution < 1.29 is 18.3 Å². The number of benzene rings is 3. The summed E-state index contributed by atoms with van der Waals surface area (Å²) in [7, 11) is 0. The van der Waals surface area contributed by atoms with Crippen molar-refractivity contribution in [3.63, 3.8) is 0 Å². The fourth-order valence-electron chi connectivity index (χ4n) is 4.24. The summed E-state index contributed by atoms with van der Waals surface area (Å²) < 4.78 is 25.3. The quantitative estimate of drug-likeness (QED) is 0.392. The van der Waals surface area contributed by atoms with Gasteiger partial charge in [-0.1, -0.05) is 30.7 Å². The molecule has 0 aliphatic carbocycles. The fraction of sp³-hybridized carbons (Fsp3) is 0.185. The van der Waals surface area contributed by atoms with Crippen molar-refractivity contribution in [1.29, 1.82) is 0 Å². The Hall–Kier alpha value is -3.93. The Morgan fingerprint density at radius 1 is 1.00 bits per heavy atom. The predicted molar refractivity (Wildman–Crippen MR) is 125 cm³/mol. The van der Waals surface area contributed by atoms with E-state index in [1.807, 2.05) is 44.2 Å². The summed E-state index contributed by atoms with van der Waals surface area (Å²) in [6.07, 6.45) is 0.887. The minimum Gasteiger partial charge on any atom is -0.494 e. The number of amides is 1. The number of hydrogen-bond donors (Lipinski definition) is 0. The topological polar surface area (TPSA) is 59.8 Å². The molecule has 0 radical (unpaired) electrons. The monoisotopic (exact) mass is 443 g/mol. The summed E-state index contributed by atoms with van der Waals surface area (Å²) in [4.78, 5) is 28.6. The number of ether oxygens (including phenoxy) is 1. The maximum Gasteiger partial charge on any atom is 0.295 e. The molecule has 33 heavy (non-hydrogen) atoms. The van der Waals surface area contributed by atoms with E-state index >= 15 is 0 Å². The Balaban J connectivity index is 1.72. The standard InChI is InChI=1S/C27H22FNO4/c1-3-14-32-20-11-5-17(6-12-20)24-23-25(30)21-15-16(2)4-13-22(21)33-26(23)27(31)29(24)19-9-7-18(28)8-10-19/h4-13,15,24H,3,14H2,1-2H3. The molecule has 0 saturated heterocycles. The summed E-state index contributed by atoms with van der Waals surface area (Å²) in [5, 5.41) is 0.426. The minimum atomic E-state index is -0.709. The van der Waals surface area contributed by atoms with Gasteiger partial charge in [0.2, 0.25) is 5.76 Å². The Morgan fingerprint density at radius 3 is 2.42 bits per heavy atom. The van der Waals surface area contributed by atoms with Gasteiger partial charge in [0.15, 0.2) is 5.43 Å². The van der Waals surface area contributed by atoms with Gasteiger partial charge in [-0.3, -0.25) is 14.5 Å². The smallest absolute Gasteiger partial charge is 0.295 e. The van der Waals surface area contributed by atoms with E-state index < -0.39 is 17.8 Å². The number of aryl methyl sites for hydroxylation is 1. The first-order valence-electron chi connectivity index (χ1n) is 10.9. The first-order valence-corrected chi connectivity index (χ1v) is 10.9. The van der Waals surface area contributed by atoms with Crippen LogP contribution >= 0.6 is 0 Å². The third-order valence-corrected chi connectivity index (χ3v) is 5.80. The van der Waals surface area contributed by atoms with Crippen molar-refractivity contribution in [1.82, 2.24) is 0 Å². The Kier molecular flexibility index (Phi) is 5.21. The molecule has 5 nitrogen and oxygen atoms in total. The fourth-order valence-corrected chi connectivity index (χ4v) is 4.24. The summed E-state index contributed by atoms with van der Waals surface area (Å²) in [5.41, 5.74) is 2.52. The van der Waals surface area contributed by atoms with E-state index in [1.165, 1.54) is 29.2 Å². The van der Waals surface area contributed by atoms with Gasteiger partial charge in [0.25, 0.3) is 5.91 Å². The molecule has 0 N–H and O–H groups in total. The largest absolute Gasteiger partial charge is 0.494 e. The van der Waals surface area contributed by atoms with E-state index in [-0.39, 0.29) is 16.8 Å². The average molecular weight is 443 g/mol. The lowest BCUT2D eigenvalue weighted by Gasteiger charge is -2.25. The van der Waals surface area contributed by atoms with Gasteiger partial charge < -0.3 is 9.15 Å². The zero-order valence-corrected chi connectivity index (χ0v) is 18.3. The number of fused-ring (bicyclic) bond motifs is 2. The number of anilines is 1. The van der Waals surface area contributed by atoms with Gasteiger partial charge >= 0.3 is 0 Å². The number of rotatable bonds is 5. The third kappa shape index (κ3) is 3.57. The van der Waals surface area contributed by atoms with Crippen molar-refractivity contribution in [2.75, 3.05) is 11.5 Å². The van der Waals surface area contributed by atoms with Crippen molar-refractivity contribution in [3.8, 4) is 5.75 Å². The van der Waals surface area contributed by atoms with E-state index in [0.717, 1.165) is 17.5 Å². The number of halogens is 1. The van der Waals surface area contributed by atoms with Crippen LogP contribution in [0.4, 0.5) is 10.1 Å². The molecule has 1 aromatic heterocycles. The molecule has 1 unspecified atom stereocenters. The second-order valence-electron chi connectivity index (χ2n) is 8.15. The molecule has 1 amide bonds. The molecule has 1 aliphatic heterocycles. The van der Waals surface area contributed by atoms with E-state index in [4.69, 9.17) is 9.15 Å². The molecule has 1 aliphatic rings. The summed E-state index contributed by atoms with van der Waals surface area (Å²) in [6.45, 7) is 4.52. The van der Waals surface area contributed by atoms with Crippen LogP contribution in [-0.4, -0.2) is 12.5 Å². The normalized spacial score (nSPS) is 15.2. The van der Waals surface area contributed by atoms with Crippen molar-refractivity contribution in [2.45, 2.75) is 26.3 Å². The van der Waals surface area contributed by atoms with Gasteiger partial charge in [0.05, 0.1) is 23.6 Å². The van der Waals surface area contributed by atoms with Crippen molar-refractivity contribution >= 4 is 22.6 Å². The average Bonchev–Trinajstić information content (AvgIpc) is 3.11. The first kappa shape index (κ1) is 20.9. The van der Waals surface area contributed by atoms with Crippen LogP contribution in [0.25, 0.3) is 11.0 Å². The summed E-state index contributed by atoms with van der Waals surface area (Å²) >= 11 is 0. The number of hydrogen-bond acceptors (Lipinski definition) is 4. The molecule has 166 valence electrons. The highest BCUT2D eigenvalue weighted by Crippen LogP contribution is 2.41. The van der Waals surface area contributed by atoms with Crippen LogP contribution in [-0.2, 0) is 0 Å². The molecular formula is C27H22FNO4. The van der Waals surface area contributed by atoms with Gasteiger partial charge in [-0.2, -0.15) is 0 Å². The second-order valence-corrected chi connectivity index (χ2v) is 8.15. The Bertz CT molecular complexity index is 1410. The van der Waals surface area contributed by atoms with Gasteiger partial charge in [0, 0.05) is 5.69 Å². The number of nitrogens with zero attached hydrogens (tertiary/aromatic N) is 1. The lowest BCUT2D eigenvalue weighted by molar-refractivity contribution is 0.0971. The molecule has 6 heteroatoms. The van der Waals surface area contributed by atoms with Crippen LogP contribution < -0.4 is 15.1 Å². The van der Waals surface area contributed by atoms with E-state index in [1.54, 1.807) is 12.1 Å². The lowest BCUT2D eigenvalue weighted by Crippen LogP contribution is -2.29. The van der Waals surface area contributed by atoms with Crippen molar-refractivity contribution in [3.05, 3.63) is 105 Å².